The maximum Gasteiger partial charge on any atom is 0.00136 e. The SMILES string of the molecule is C[C@H](N)CCc1ccc2c(c1)CCC2. The number of aryl methyl sites for hydroxylation is 3. The summed E-state index contributed by atoms with van der Waals surface area (Å²) in [5.74, 6) is 0. The Morgan fingerprint density at radius 2 is 2.07 bits per heavy atom. The molecule has 1 nitrogen and oxygen atoms in total. The number of nitrogens with two attached hydrogens (primary N) is 1. The molecule has 0 saturated carbocycles. The Balaban J connectivity index is 2.05. The van der Waals surface area contributed by atoms with E-state index >= 15 is 0 Å². The van der Waals surface area contributed by atoms with Crippen LogP contribution >= 0.6 is 0 Å². The van der Waals surface area contributed by atoms with Gasteiger partial charge in [0, 0.05) is 6.04 Å². The maximum atomic E-state index is 5.75. The molecule has 1 aliphatic rings. The fourth-order valence-corrected chi connectivity index (χ4v) is 2.18. The topological polar surface area (TPSA) is 26.0 Å². The van der Waals surface area contributed by atoms with Gasteiger partial charge in [-0.05, 0) is 55.7 Å². The molecule has 1 aromatic carbocycles. The number of rotatable bonds is 3. The second-order valence-corrected chi connectivity index (χ2v) is 4.47. The minimum atomic E-state index is 0.322. The first-order chi connectivity index (χ1) is 6.75. The van der Waals surface area contributed by atoms with E-state index < -0.39 is 0 Å². The molecule has 0 radical (unpaired) electrons. The highest BCUT2D eigenvalue weighted by Crippen LogP contribution is 2.23. The fourth-order valence-electron chi connectivity index (χ4n) is 2.18. The van der Waals surface area contributed by atoms with Crippen molar-refractivity contribution in [3.05, 3.63) is 34.9 Å². The molecule has 0 fully saturated rings. The summed E-state index contributed by atoms with van der Waals surface area (Å²) >= 11 is 0. The Morgan fingerprint density at radius 3 is 2.86 bits per heavy atom. The maximum absolute atomic E-state index is 5.75. The van der Waals surface area contributed by atoms with Crippen LogP contribution in [0.15, 0.2) is 18.2 Å². The number of hydrogen-bond acceptors (Lipinski definition) is 1. The van der Waals surface area contributed by atoms with Crippen LogP contribution in [0.25, 0.3) is 0 Å². The summed E-state index contributed by atoms with van der Waals surface area (Å²) in [6.45, 7) is 2.08. The van der Waals surface area contributed by atoms with Gasteiger partial charge in [-0.3, -0.25) is 0 Å². The summed E-state index contributed by atoms with van der Waals surface area (Å²) in [5, 5.41) is 0. The predicted octanol–water partition coefficient (Wildman–Crippen LogP) is 2.46. The Kier molecular flexibility index (Phi) is 2.87. The van der Waals surface area contributed by atoms with Crippen molar-refractivity contribution in [3.8, 4) is 0 Å². The van der Waals surface area contributed by atoms with Crippen LogP contribution in [0.3, 0.4) is 0 Å². The van der Waals surface area contributed by atoms with Crippen LogP contribution < -0.4 is 5.73 Å². The van der Waals surface area contributed by atoms with Crippen LogP contribution in [0.2, 0.25) is 0 Å². The molecule has 2 N–H and O–H groups in total. The van der Waals surface area contributed by atoms with E-state index in [1.165, 1.54) is 24.8 Å². The van der Waals surface area contributed by atoms with E-state index in [1.807, 2.05) is 0 Å². The van der Waals surface area contributed by atoms with E-state index in [2.05, 4.69) is 25.1 Å². The van der Waals surface area contributed by atoms with Crippen molar-refractivity contribution in [2.45, 2.75) is 45.1 Å². The highest BCUT2D eigenvalue weighted by Gasteiger charge is 2.10. The highest BCUT2D eigenvalue weighted by molar-refractivity contribution is 5.35. The summed E-state index contributed by atoms with van der Waals surface area (Å²) < 4.78 is 0. The number of hydrogen-bond donors (Lipinski definition) is 1. The van der Waals surface area contributed by atoms with Crippen molar-refractivity contribution in [1.29, 1.82) is 0 Å². The van der Waals surface area contributed by atoms with Gasteiger partial charge in [0.05, 0.1) is 0 Å². The number of benzene rings is 1. The normalized spacial score (nSPS) is 16.7. The first kappa shape index (κ1) is 9.72. The van der Waals surface area contributed by atoms with Gasteiger partial charge >= 0.3 is 0 Å². The molecule has 0 spiro atoms. The minimum absolute atomic E-state index is 0.322. The van der Waals surface area contributed by atoms with Crippen LogP contribution in [-0.4, -0.2) is 6.04 Å². The van der Waals surface area contributed by atoms with Gasteiger partial charge in [0.1, 0.15) is 0 Å². The third kappa shape index (κ3) is 2.16. The monoisotopic (exact) mass is 189 g/mol. The summed E-state index contributed by atoms with van der Waals surface area (Å²) in [4.78, 5) is 0. The average Bonchev–Trinajstić information content (AvgIpc) is 2.61. The molecule has 14 heavy (non-hydrogen) atoms. The molecular weight excluding hydrogens is 170 g/mol. The molecule has 0 heterocycles. The van der Waals surface area contributed by atoms with Crippen molar-refractivity contribution in [2.75, 3.05) is 0 Å². The lowest BCUT2D eigenvalue weighted by Crippen LogP contribution is -2.15. The molecule has 0 aromatic heterocycles. The first-order valence-corrected chi connectivity index (χ1v) is 5.62. The van der Waals surface area contributed by atoms with Gasteiger partial charge < -0.3 is 5.73 Å². The van der Waals surface area contributed by atoms with Gasteiger partial charge in [-0.25, -0.2) is 0 Å². The van der Waals surface area contributed by atoms with E-state index in [4.69, 9.17) is 5.73 Å². The quantitative estimate of drug-likeness (QED) is 0.776. The van der Waals surface area contributed by atoms with Crippen molar-refractivity contribution in [2.24, 2.45) is 5.73 Å². The first-order valence-electron chi connectivity index (χ1n) is 5.62. The molecule has 1 aliphatic carbocycles. The summed E-state index contributed by atoms with van der Waals surface area (Å²) in [7, 11) is 0. The molecule has 0 amide bonds. The van der Waals surface area contributed by atoms with Crippen LogP contribution in [0.1, 0.15) is 36.5 Å². The van der Waals surface area contributed by atoms with Crippen molar-refractivity contribution in [1.82, 2.24) is 0 Å². The molecule has 1 aromatic rings. The van der Waals surface area contributed by atoms with Gasteiger partial charge in [0.15, 0.2) is 0 Å². The molecule has 2 rings (SSSR count). The van der Waals surface area contributed by atoms with E-state index in [-0.39, 0.29) is 0 Å². The molecule has 0 unspecified atom stereocenters. The predicted molar refractivity (Wildman–Crippen MR) is 60.4 cm³/mol. The zero-order chi connectivity index (χ0) is 9.97. The van der Waals surface area contributed by atoms with Gasteiger partial charge in [0.25, 0.3) is 0 Å². The lowest BCUT2D eigenvalue weighted by Gasteiger charge is -2.07. The van der Waals surface area contributed by atoms with E-state index in [1.54, 1.807) is 11.1 Å². The Labute approximate surface area is 86.3 Å². The standard InChI is InChI=1S/C13H19N/c1-10(14)5-6-11-7-8-12-3-2-4-13(12)9-11/h7-10H,2-6,14H2,1H3/t10-/m0/s1. The second-order valence-electron chi connectivity index (χ2n) is 4.47. The number of fused-ring (bicyclic) bond motifs is 1. The Hall–Kier alpha value is -0.820. The molecule has 0 aliphatic heterocycles. The van der Waals surface area contributed by atoms with Crippen LogP contribution in [0, 0.1) is 0 Å². The Morgan fingerprint density at radius 1 is 1.29 bits per heavy atom. The highest BCUT2D eigenvalue weighted by atomic mass is 14.6. The van der Waals surface area contributed by atoms with Gasteiger partial charge in [-0.2, -0.15) is 0 Å². The molecular formula is C13H19N. The van der Waals surface area contributed by atoms with Crippen LogP contribution in [0.4, 0.5) is 0 Å². The van der Waals surface area contributed by atoms with Gasteiger partial charge in [-0.15, -0.1) is 0 Å². The lowest BCUT2D eigenvalue weighted by atomic mass is 10.0. The fraction of sp³-hybridized carbons (Fsp3) is 0.538. The van der Waals surface area contributed by atoms with Crippen molar-refractivity contribution in [3.63, 3.8) is 0 Å². The molecule has 1 heteroatoms. The van der Waals surface area contributed by atoms with E-state index in [9.17, 15) is 0 Å². The zero-order valence-corrected chi connectivity index (χ0v) is 8.92. The zero-order valence-electron chi connectivity index (χ0n) is 8.92. The molecule has 1 atom stereocenters. The van der Waals surface area contributed by atoms with Crippen molar-refractivity contribution < 1.29 is 0 Å². The minimum Gasteiger partial charge on any atom is -0.328 e. The summed E-state index contributed by atoms with van der Waals surface area (Å²) in [6, 6.07) is 7.28. The van der Waals surface area contributed by atoms with Gasteiger partial charge in [0.2, 0.25) is 0 Å². The molecule has 76 valence electrons. The molecule has 0 bridgehead atoms. The van der Waals surface area contributed by atoms with Crippen LogP contribution in [0.5, 0.6) is 0 Å². The Bertz CT molecular complexity index is 315. The smallest absolute Gasteiger partial charge is 0.00136 e. The second kappa shape index (κ2) is 4.14. The van der Waals surface area contributed by atoms with Crippen molar-refractivity contribution >= 4 is 0 Å². The van der Waals surface area contributed by atoms with E-state index in [0.29, 0.717) is 6.04 Å². The van der Waals surface area contributed by atoms with E-state index in [0.717, 1.165) is 12.8 Å². The third-order valence-electron chi connectivity index (χ3n) is 3.05. The molecule has 0 saturated heterocycles. The summed E-state index contributed by atoms with van der Waals surface area (Å²) in [6.07, 6.45) is 6.13. The average molecular weight is 189 g/mol. The lowest BCUT2D eigenvalue weighted by molar-refractivity contribution is 0.666. The summed E-state index contributed by atoms with van der Waals surface area (Å²) in [5.41, 5.74) is 10.4. The van der Waals surface area contributed by atoms with Crippen LogP contribution in [-0.2, 0) is 19.3 Å². The largest absolute Gasteiger partial charge is 0.328 e. The van der Waals surface area contributed by atoms with Gasteiger partial charge in [-0.1, -0.05) is 18.2 Å². The third-order valence-corrected chi connectivity index (χ3v) is 3.05.